The standard InChI is InChI=1S/C9H14N4O4S/c14-7-9(11-8(15)10-7)3-4-13(5-9)18(16,17)12-6-1-2-6/h6,12H,1-5H2,(H2,10,11,14,15). The number of nitrogens with one attached hydrogen (secondary N) is 3. The maximum Gasteiger partial charge on any atom is 0.322 e. The van der Waals surface area contributed by atoms with Crippen LogP contribution < -0.4 is 15.4 Å². The van der Waals surface area contributed by atoms with E-state index in [4.69, 9.17) is 0 Å². The molecule has 0 bridgehead atoms. The molecule has 0 radical (unpaired) electrons. The quantitative estimate of drug-likeness (QED) is 0.531. The van der Waals surface area contributed by atoms with Crippen LogP contribution >= 0.6 is 0 Å². The molecule has 2 heterocycles. The molecule has 3 N–H and O–H groups in total. The first-order valence-electron chi connectivity index (χ1n) is 5.82. The van der Waals surface area contributed by atoms with Crippen molar-refractivity contribution >= 4 is 22.1 Å². The molecule has 0 aromatic rings. The molecule has 3 amide bonds. The lowest BCUT2D eigenvalue weighted by molar-refractivity contribution is -0.123. The first kappa shape index (κ1) is 11.9. The second-order valence-corrected chi connectivity index (χ2v) is 6.67. The zero-order valence-electron chi connectivity index (χ0n) is 9.60. The van der Waals surface area contributed by atoms with Gasteiger partial charge in [-0.2, -0.15) is 17.4 Å². The van der Waals surface area contributed by atoms with Crippen LogP contribution in [0, 0.1) is 0 Å². The van der Waals surface area contributed by atoms with Crippen LogP contribution in [0.4, 0.5) is 4.79 Å². The molecule has 0 aromatic heterocycles. The fraction of sp³-hybridized carbons (Fsp3) is 0.778. The summed E-state index contributed by atoms with van der Waals surface area (Å²) >= 11 is 0. The van der Waals surface area contributed by atoms with Gasteiger partial charge in [0.25, 0.3) is 16.1 Å². The van der Waals surface area contributed by atoms with Crippen molar-refractivity contribution in [3.63, 3.8) is 0 Å². The Balaban J connectivity index is 1.75. The third-order valence-corrected chi connectivity index (χ3v) is 5.10. The monoisotopic (exact) mass is 274 g/mol. The van der Waals surface area contributed by atoms with Crippen LogP contribution in [0.5, 0.6) is 0 Å². The Labute approximate surface area is 104 Å². The molecule has 1 spiro atoms. The van der Waals surface area contributed by atoms with Gasteiger partial charge in [-0.1, -0.05) is 0 Å². The number of hydrogen-bond acceptors (Lipinski definition) is 4. The Bertz CT molecular complexity index is 515. The average Bonchev–Trinajstić information content (AvgIpc) is 2.87. The lowest BCUT2D eigenvalue weighted by Crippen LogP contribution is -2.51. The molecule has 2 aliphatic heterocycles. The molecule has 9 heteroatoms. The van der Waals surface area contributed by atoms with Gasteiger partial charge >= 0.3 is 6.03 Å². The maximum absolute atomic E-state index is 12.0. The van der Waals surface area contributed by atoms with Crippen molar-refractivity contribution < 1.29 is 18.0 Å². The topological polar surface area (TPSA) is 108 Å². The van der Waals surface area contributed by atoms with Gasteiger partial charge in [0.2, 0.25) is 0 Å². The molecule has 1 saturated carbocycles. The Morgan fingerprint density at radius 2 is 2.06 bits per heavy atom. The van der Waals surface area contributed by atoms with Crippen LogP contribution in [-0.4, -0.2) is 49.3 Å². The summed E-state index contributed by atoms with van der Waals surface area (Å²) in [5, 5.41) is 4.66. The smallest absolute Gasteiger partial charge is 0.322 e. The van der Waals surface area contributed by atoms with Crippen molar-refractivity contribution in [1.29, 1.82) is 0 Å². The van der Waals surface area contributed by atoms with Crippen LogP contribution in [0.2, 0.25) is 0 Å². The lowest BCUT2D eigenvalue weighted by Gasteiger charge is -2.21. The van der Waals surface area contributed by atoms with E-state index in [1.165, 1.54) is 4.31 Å². The number of imide groups is 1. The Hall–Kier alpha value is -1.19. The second kappa shape index (κ2) is 3.65. The summed E-state index contributed by atoms with van der Waals surface area (Å²) in [6, 6.07) is -0.534. The summed E-state index contributed by atoms with van der Waals surface area (Å²) in [5.41, 5.74) is -1.09. The highest BCUT2D eigenvalue weighted by atomic mass is 32.2. The van der Waals surface area contributed by atoms with Crippen molar-refractivity contribution in [2.24, 2.45) is 0 Å². The van der Waals surface area contributed by atoms with Crippen LogP contribution in [0.3, 0.4) is 0 Å². The van der Waals surface area contributed by atoms with Gasteiger partial charge in [0.15, 0.2) is 0 Å². The van der Waals surface area contributed by atoms with Crippen LogP contribution in [0.1, 0.15) is 19.3 Å². The highest BCUT2D eigenvalue weighted by Crippen LogP contribution is 2.28. The molecule has 3 rings (SSSR count). The second-order valence-electron chi connectivity index (χ2n) is 4.97. The molecule has 3 fully saturated rings. The molecular weight excluding hydrogens is 260 g/mol. The Morgan fingerprint density at radius 1 is 1.33 bits per heavy atom. The van der Waals surface area contributed by atoms with Gasteiger partial charge < -0.3 is 5.32 Å². The van der Waals surface area contributed by atoms with Gasteiger partial charge in [-0.05, 0) is 19.3 Å². The van der Waals surface area contributed by atoms with Crippen LogP contribution in [0.25, 0.3) is 0 Å². The Kier molecular flexibility index (Phi) is 2.41. The minimum absolute atomic E-state index is 0.00731. The number of carbonyl (C=O) groups excluding carboxylic acids is 2. The van der Waals surface area contributed by atoms with E-state index in [0.717, 1.165) is 12.8 Å². The van der Waals surface area contributed by atoms with E-state index in [0.29, 0.717) is 6.42 Å². The van der Waals surface area contributed by atoms with Gasteiger partial charge in [0.1, 0.15) is 5.54 Å². The SMILES string of the molecule is O=C1NC(=O)C2(CCN(S(=O)(=O)NC3CC3)C2)N1. The van der Waals surface area contributed by atoms with Crippen molar-refractivity contribution in [2.45, 2.75) is 30.8 Å². The van der Waals surface area contributed by atoms with E-state index in [2.05, 4.69) is 15.4 Å². The average molecular weight is 274 g/mol. The van der Waals surface area contributed by atoms with Crippen molar-refractivity contribution in [2.75, 3.05) is 13.1 Å². The molecule has 1 unspecified atom stereocenters. The fourth-order valence-electron chi connectivity index (χ4n) is 2.28. The molecule has 1 aliphatic carbocycles. The normalized spacial score (nSPS) is 32.9. The lowest BCUT2D eigenvalue weighted by atomic mass is 10.00. The van der Waals surface area contributed by atoms with Crippen LogP contribution in [0.15, 0.2) is 0 Å². The zero-order valence-corrected chi connectivity index (χ0v) is 10.4. The molecular formula is C9H14N4O4S. The number of carbonyl (C=O) groups is 2. The molecule has 1 atom stereocenters. The first-order valence-corrected chi connectivity index (χ1v) is 7.26. The number of amides is 3. The molecule has 8 nitrogen and oxygen atoms in total. The number of nitrogens with zero attached hydrogens (tertiary/aromatic N) is 1. The summed E-state index contributed by atoms with van der Waals surface area (Å²) in [7, 11) is -3.55. The predicted molar refractivity (Wildman–Crippen MR) is 60.7 cm³/mol. The molecule has 100 valence electrons. The maximum atomic E-state index is 12.0. The third kappa shape index (κ3) is 1.88. The zero-order chi connectivity index (χ0) is 13.0. The van der Waals surface area contributed by atoms with Gasteiger partial charge in [-0.25, -0.2) is 4.79 Å². The highest BCUT2D eigenvalue weighted by Gasteiger charge is 2.53. The van der Waals surface area contributed by atoms with Gasteiger partial charge in [-0.15, -0.1) is 0 Å². The van der Waals surface area contributed by atoms with E-state index in [9.17, 15) is 18.0 Å². The minimum Gasteiger partial charge on any atom is -0.322 e. The van der Waals surface area contributed by atoms with E-state index >= 15 is 0 Å². The first-order chi connectivity index (χ1) is 8.41. The molecule has 3 aliphatic rings. The van der Waals surface area contributed by atoms with E-state index in [1.54, 1.807) is 0 Å². The highest BCUT2D eigenvalue weighted by molar-refractivity contribution is 7.87. The molecule has 2 saturated heterocycles. The summed E-state index contributed by atoms with van der Waals surface area (Å²) in [4.78, 5) is 22.8. The van der Waals surface area contributed by atoms with E-state index < -0.39 is 27.7 Å². The summed E-state index contributed by atoms with van der Waals surface area (Å²) < 4.78 is 27.7. The number of hydrogen-bond donors (Lipinski definition) is 3. The fourth-order valence-corrected chi connectivity index (χ4v) is 3.81. The van der Waals surface area contributed by atoms with Crippen molar-refractivity contribution in [3.8, 4) is 0 Å². The summed E-state index contributed by atoms with van der Waals surface area (Å²) in [6.07, 6.45) is 2.01. The Morgan fingerprint density at radius 3 is 2.61 bits per heavy atom. The number of urea groups is 1. The summed E-state index contributed by atoms with van der Waals surface area (Å²) in [5.74, 6) is -0.448. The minimum atomic E-state index is -3.55. The van der Waals surface area contributed by atoms with E-state index in [1.807, 2.05) is 0 Å². The van der Waals surface area contributed by atoms with Crippen molar-refractivity contribution in [3.05, 3.63) is 0 Å². The van der Waals surface area contributed by atoms with Crippen LogP contribution in [-0.2, 0) is 15.0 Å². The van der Waals surface area contributed by atoms with Gasteiger partial charge in [0.05, 0.1) is 0 Å². The van der Waals surface area contributed by atoms with Crippen molar-refractivity contribution in [1.82, 2.24) is 19.7 Å². The number of rotatable bonds is 3. The van der Waals surface area contributed by atoms with E-state index in [-0.39, 0.29) is 19.1 Å². The third-order valence-electron chi connectivity index (χ3n) is 3.48. The van der Waals surface area contributed by atoms with Gasteiger partial charge in [0, 0.05) is 19.1 Å². The van der Waals surface area contributed by atoms with Gasteiger partial charge in [-0.3, -0.25) is 10.1 Å². The molecule has 18 heavy (non-hydrogen) atoms. The molecule has 0 aromatic carbocycles. The predicted octanol–water partition coefficient (Wildman–Crippen LogP) is -1.73. The summed E-state index contributed by atoms with van der Waals surface area (Å²) in [6.45, 7) is 0.225. The largest absolute Gasteiger partial charge is 0.322 e.